The zero-order valence-corrected chi connectivity index (χ0v) is 19.9. The van der Waals surface area contributed by atoms with Gasteiger partial charge in [-0.2, -0.15) is 0 Å². The Kier molecular flexibility index (Phi) is 6.55. The summed E-state index contributed by atoms with van der Waals surface area (Å²) in [6.07, 6.45) is 1.48. The fourth-order valence-electron chi connectivity index (χ4n) is 4.01. The molecule has 1 aliphatic rings. The van der Waals surface area contributed by atoms with Gasteiger partial charge >= 0.3 is 0 Å². The Hall–Kier alpha value is -2.42. The van der Waals surface area contributed by atoms with Gasteiger partial charge in [-0.3, -0.25) is 4.57 Å². The summed E-state index contributed by atoms with van der Waals surface area (Å²) in [4.78, 5) is 0. The molecule has 32 heavy (non-hydrogen) atoms. The summed E-state index contributed by atoms with van der Waals surface area (Å²) >= 11 is 6.08. The Bertz CT molecular complexity index is 1220. The second kappa shape index (κ2) is 9.21. The van der Waals surface area contributed by atoms with Gasteiger partial charge in [-0.25, -0.2) is 8.42 Å². The van der Waals surface area contributed by atoms with E-state index in [-0.39, 0.29) is 11.9 Å². The molecule has 170 valence electrons. The summed E-state index contributed by atoms with van der Waals surface area (Å²) in [5.41, 5.74) is 2.28. The Morgan fingerprint density at radius 2 is 2.03 bits per heavy atom. The monoisotopic (exact) mass is 475 g/mol. The lowest BCUT2D eigenvalue weighted by Crippen LogP contribution is -2.18. The largest absolute Gasteiger partial charge is 0.495 e. The van der Waals surface area contributed by atoms with Crippen LogP contribution in [-0.4, -0.2) is 36.9 Å². The third-order valence-corrected chi connectivity index (χ3v) is 8.05. The second-order valence-electron chi connectivity index (χ2n) is 7.94. The fraction of sp³-hybridized carbons (Fsp3) is 0.391. The van der Waals surface area contributed by atoms with E-state index in [2.05, 4.69) is 10.2 Å². The SMILES string of the molecule is COc1cccc(C)c1-n1c(CS(=O)(=O)[C@@H](C)c2cccc(Cl)c2)nnc1[C@@H]1CCCO1. The van der Waals surface area contributed by atoms with E-state index in [1.54, 1.807) is 42.9 Å². The maximum Gasteiger partial charge on any atom is 0.167 e. The van der Waals surface area contributed by atoms with E-state index in [4.69, 9.17) is 21.1 Å². The summed E-state index contributed by atoms with van der Waals surface area (Å²) in [6.45, 7) is 4.25. The van der Waals surface area contributed by atoms with E-state index >= 15 is 0 Å². The normalized spacial score (nSPS) is 17.4. The van der Waals surface area contributed by atoms with Gasteiger partial charge in [-0.1, -0.05) is 35.9 Å². The quantitative estimate of drug-likeness (QED) is 0.489. The summed E-state index contributed by atoms with van der Waals surface area (Å²) in [5, 5.41) is 8.42. The van der Waals surface area contributed by atoms with Crippen molar-refractivity contribution in [3.05, 3.63) is 70.3 Å². The first-order valence-corrected chi connectivity index (χ1v) is 12.6. The zero-order chi connectivity index (χ0) is 22.9. The van der Waals surface area contributed by atoms with Crippen LogP contribution in [0.3, 0.4) is 0 Å². The lowest BCUT2D eigenvalue weighted by Gasteiger charge is -2.19. The lowest BCUT2D eigenvalue weighted by atomic mass is 10.1. The van der Waals surface area contributed by atoms with Crippen LogP contribution in [0.25, 0.3) is 5.69 Å². The number of nitrogens with zero attached hydrogens (tertiary/aromatic N) is 3. The van der Waals surface area contributed by atoms with Gasteiger partial charge in [-0.05, 0) is 56.0 Å². The van der Waals surface area contributed by atoms with Crippen molar-refractivity contribution in [1.82, 2.24) is 14.8 Å². The second-order valence-corrected chi connectivity index (χ2v) is 10.7. The molecule has 9 heteroatoms. The van der Waals surface area contributed by atoms with Crippen LogP contribution in [0.15, 0.2) is 42.5 Å². The van der Waals surface area contributed by atoms with Crippen LogP contribution in [0.5, 0.6) is 5.75 Å². The van der Waals surface area contributed by atoms with Crippen LogP contribution in [0.4, 0.5) is 0 Å². The molecule has 2 heterocycles. The average molecular weight is 476 g/mol. The van der Waals surface area contributed by atoms with E-state index in [0.29, 0.717) is 34.6 Å². The molecule has 7 nitrogen and oxygen atoms in total. The molecule has 1 fully saturated rings. The number of para-hydroxylation sites is 1. The molecule has 0 spiro atoms. The minimum Gasteiger partial charge on any atom is -0.495 e. The number of aryl methyl sites for hydroxylation is 1. The third-order valence-electron chi connectivity index (χ3n) is 5.80. The molecule has 1 aromatic heterocycles. The third kappa shape index (κ3) is 4.40. The van der Waals surface area contributed by atoms with Crippen LogP contribution < -0.4 is 4.74 Å². The zero-order valence-electron chi connectivity index (χ0n) is 18.3. The van der Waals surface area contributed by atoms with Gasteiger partial charge in [0.15, 0.2) is 21.5 Å². The molecule has 0 amide bonds. The predicted octanol–water partition coefficient (Wildman–Crippen LogP) is 4.77. The molecule has 0 aliphatic carbocycles. The number of ether oxygens (including phenoxy) is 2. The van der Waals surface area contributed by atoms with Gasteiger partial charge < -0.3 is 9.47 Å². The molecule has 4 rings (SSSR count). The van der Waals surface area contributed by atoms with Gasteiger partial charge in [0.05, 0.1) is 18.0 Å². The number of benzene rings is 2. The molecular weight excluding hydrogens is 450 g/mol. The van der Waals surface area contributed by atoms with Crippen molar-refractivity contribution in [1.29, 1.82) is 0 Å². The van der Waals surface area contributed by atoms with Gasteiger partial charge in [0, 0.05) is 11.6 Å². The molecule has 0 radical (unpaired) electrons. The fourth-order valence-corrected chi connectivity index (χ4v) is 5.57. The molecule has 2 aromatic carbocycles. The topological polar surface area (TPSA) is 83.3 Å². The maximum absolute atomic E-state index is 13.4. The average Bonchev–Trinajstić information content (AvgIpc) is 3.43. The number of sulfone groups is 1. The van der Waals surface area contributed by atoms with Crippen LogP contribution in [0.1, 0.15) is 53.9 Å². The summed E-state index contributed by atoms with van der Waals surface area (Å²) in [6, 6.07) is 12.6. The standard InChI is InChI=1S/C23H26ClN3O4S/c1-15-7-4-10-19(30-3)22(15)27-21(25-26-23(27)20-11-6-12-31-20)14-32(28,29)16(2)17-8-5-9-18(24)13-17/h4-5,7-10,13,16,20H,6,11-12,14H2,1-3H3/t16-,20-/m0/s1. The number of hydrogen-bond donors (Lipinski definition) is 0. The minimum atomic E-state index is -3.62. The minimum absolute atomic E-state index is 0.242. The molecule has 2 atom stereocenters. The first kappa shape index (κ1) is 22.8. The highest BCUT2D eigenvalue weighted by molar-refractivity contribution is 7.90. The van der Waals surface area contributed by atoms with Crippen molar-refractivity contribution in [2.75, 3.05) is 13.7 Å². The van der Waals surface area contributed by atoms with Crippen molar-refractivity contribution in [3.8, 4) is 11.4 Å². The van der Waals surface area contributed by atoms with Crippen molar-refractivity contribution in [3.63, 3.8) is 0 Å². The van der Waals surface area contributed by atoms with E-state index in [1.165, 1.54) is 0 Å². The van der Waals surface area contributed by atoms with E-state index < -0.39 is 15.1 Å². The first-order valence-electron chi connectivity index (χ1n) is 10.5. The van der Waals surface area contributed by atoms with E-state index in [9.17, 15) is 8.42 Å². The van der Waals surface area contributed by atoms with Crippen molar-refractivity contribution < 1.29 is 17.9 Å². The first-order chi connectivity index (χ1) is 15.3. The van der Waals surface area contributed by atoms with E-state index in [0.717, 1.165) is 24.1 Å². The van der Waals surface area contributed by atoms with Gasteiger partial charge in [0.25, 0.3) is 0 Å². The number of rotatable bonds is 7. The van der Waals surface area contributed by atoms with Crippen molar-refractivity contribution in [2.45, 2.75) is 43.8 Å². The molecule has 1 aliphatic heterocycles. The highest BCUT2D eigenvalue weighted by Crippen LogP contribution is 2.35. The molecular formula is C23H26ClN3O4S. The number of methoxy groups -OCH3 is 1. The van der Waals surface area contributed by atoms with Crippen LogP contribution in [-0.2, 0) is 20.3 Å². The summed E-state index contributed by atoms with van der Waals surface area (Å²) < 4.78 is 40.0. The predicted molar refractivity (Wildman–Crippen MR) is 123 cm³/mol. The van der Waals surface area contributed by atoms with Crippen LogP contribution in [0, 0.1) is 6.92 Å². The van der Waals surface area contributed by atoms with Gasteiger partial charge in [-0.15, -0.1) is 10.2 Å². The molecule has 0 bridgehead atoms. The Morgan fingerprint density at radius 3 is 2.72 bits per heavy atom. The Balaban J connectivity index is 1.80. The number of aromatic nitrogens is 3. The summed E-state index contributed by atoms with van der Waals surface area (Å²) in [5.74, 6) is 1.26. The molecule has 0 saturated carbocycles. The smallest absolute Gasteiger partial charge is 0.167 e. The van der Waals surface area contributed by atoms with Gasteiger partial charge in [0.1, 0.15) is 17.6 Å². The van der Waals surface area contributed by atoms with E-state index in [1.807, 2.05) is 25.1 Å². The van der Waals surface area contributed by atoms with Crippen molar-refractivity contribution >= 4 is 21.4 Å². The van der Waals surface area contributed by atoms with Crippen molar-refractivity contribution in [2.24, 2.45) is 0 Å². The van der Waals surface area contributed by atoms with Crippen LogP contribution >= 0.6 is 11.6 Å². The van der Waals surface area contributed by atoms with Gasteiger partial charge in [0.2, 0.25) is 0 Å². The lowest BCUT2D eigenvalue weighted by molar-refractivity contribution is 0.103. The summed E-state index contributed by atoms with van der Waals surface area (Å²) in [7, 11) is -2.03. The number of halogens is 1. The highest BCUT2D eigenvalue weighted by atomic mass is 35.5. The molecule has 0 N–H and O–H groups in total. The Morgan fingerprint density at radius 1 is 1.25 bits per heavy atom. The Labute approximate surface area is 193 Å². The molecule has 3 aromatic rings. The molecule has 0 unspecified atom stereocenters. The molecule has 1 saturated heterocycles. The number of hydrogen-bond acceptors (Lipinski definition) is 6. The van der Waals surface area contributed by atoms with Crippen LogP contribution in [0.2, 0.25) is 5.02 Å². The highest BCUT2D eigenvalue weighted by Gasteiger charge is 2.32. The maximum atomic E-state index is 13.4.